The van der Waals surface area contributed by atoms with E-state index in [-0.39, 0.29) is 29.9 Å². The van der Waals surface area contributed by atoms with Crippen LogP contribution in [0.2, 0.25) is 10.0 Å². The van der Waals surface area contributed by atoms with Gasteiger partial charge in [0.25, 0.3) is 5.91 Å². The molecule has 0 aliphatic carbocycles. The van der Waals surface area contributed by atoms with Gasteiger partial charge in [0.1, 0.15) is 0 Å². The van der Waals surface area contributed by atoms with E-state index in [1.165, 1.54) is 0 Å². The number of halogens is 3. The zero-order chi connectivity index (χ0) is 18.8. The predicted molar refractivity (Wildman–Crippen MR) is 122 cm³/mol. The molecule has 3 N–H and O–H groups in total. The van der Waals surface area contributed by atoms with Crippen LogP contribution in [0.3, 0.4) is 0 Å². The molecule has 0 saturated heterocycles. The minimum atomic E-state index is -0.205. The quantitative estimate of drug-likeness (QED) is 0.226. The SMILES string of the molecule is CN=C(NCCNC(=O)c1ccc(Cl)c(Cl)c1)NCCc1ccccn1.I. The number of benzene rings is 1. The third-order valence-electron chi connectivity index (χ3n) is 3.51. The van der Waals surface area contributed by atoms with E-state index in [1.54, 1.807) is 31.4 Å². The van der Waals surface area contributed by atoms with Crippen molar-refractivity contribution in [2.75, 3.05) is 26.7 Å². The second-order valence-corrected chi connectivity index (χ2v) is 6.20. The summed E-state index contributed by atoms with van der Waals surface area (Å²) in [6, 6.07) is 10.6. The molecule has 0 bridgehead atoms. The number of nitrogens with one attached hydrogen (secondary N) is 3. The average molecular weight is 522 g/mol. The van der Waals surface area contributed by atoms with Gasteiger partial charge in [-0.3, -0.25) is 14.8 Å². The first-order chi connectivity index (χ1) is 12.6. The van der Waals surface area contributed by atoms with Gasteiger partial charge >= 0.3 is 0 Å². The molecular formula is C18H22Cl2IN5O. The molecule has 27 heavy (non-hydrogen) atoms. The first kappa shape index (κ1) is 23.5. The van der Waals surface area contributed by atoms with E-state index in [9.17, 15) is 4.79 Å². The Labute approximate surface area is 186 Å². The Balaban J connectivity index is 0.00000364. The van der Waals surface area contributed by atoms with E-state index in [2.05, 4.69) is 25.9 Å². The van der Waals surface area contributed by atoms with E-state index >= 15 is 0 Å². The highest BCUT2D eigenvalue weighted by molar-refractivity contribution is 14.0. The number of hydrogen-bond donors (Lipinski definition) is 3. The largest absolute Gasteiger partial charge is 0.356 e. The zero-order valence-electron chi connectivity index (χ0n) is 14.8. The molecule has 0 aliphatic heterocycles. The van der Waals surface area contributed by atoms with E-state index in [0.717, 1.165) is 12.1 Å². The third kappa shape index (κ3) is 8.32. The van der Waals surface area contributed by atoms with Crippen LogP contribution < -0.4 is 16.0 Å². The van der Waals surface area contributed by atoms with Crippen LogP contribution in [0.5, 0.6) is 0 Å². The number of aromatic nitrogens is 1. The second kappa shape index (κ2) is 12.7. The molecule has 0 radical (unpaired) electrons. The van der Waals surface area contributed by atoms with Gasteiger partial charge < -0.3 is 16.0 Å². The topological polar surface area (TPSA) is 78.4 Å². The standard InChI is InChI=1S/C18H21Cl2N5O.HI/c1-21-18(24-9-7-14-4-2-3-8-22-14)25-11-10-23-17(26)13-5-6-15(19)16(20)12-13;/h2-6,8,12H,7,9-11H2,1H3,(H,23,26)(H2,21,24,25);1H. The summed E-state index contributed by atoms with van der Waals surface area (Å²) in [5.41, 5.74) is 1.49. The van der Waals surface area contributed by atoms with Crippen molar-refractivity contribution in [2.24, 2.45) is 4.99 Å². The molecule has 1 aromatic heterocycles. The molecule has 2 aromatic rings. The summed E-state index contributed by atoms with van der Waals surface area (Å²) < 4.78 is 0. The lowest BCUT2D eigenvalue weighted by molar-refractivity contribution is 0.0954. The molecule has 9 heteroatoms. The van der Waals surface area contributed by atoms with Gasteiger partial charge in [0, 0.05) is 50.6 Å². The van der Waals surface area contributed by atoms with Crippen molar-refractivity contribution in [3.63, 3.8) is 0 Å². The van der Waals surface area contributed by atoms with E-state index in [4.69, 9.17) is 23.2 Å². The smallest absolute Gasteiger partial charge is 0.251 e. The van der Waals surface area contributed by atoms with Gasteiger partial charge in [-0.15, -0.1) is 24.0 Å². The van der Waals surface area contributed by atoms with Gasteiger partial charge in [0.05, 0.1) is 10.0 Å². The zero-order valence-corrected chi connectivity index (χ0v) is 18.7. The Morgan fingerprint density at radius 1 is 1.04 bits per heavy atom. The van der Waals surface area contributed by atoms with Crippen molar-refractivity contribution in [3.8, 4) is 0 Å². The van der Waals surface area contributed by atoms with Crippen molar-refractivity contribution in [2.45, 2.75) is 6.42 Å². The number of aliphatic imine (C=N–C) groups is 1. The number of hydrogen-bond acceptors (Lipinski definition) is 3. The number of carbonyl (C=O) groups is 1. The highest BCUT2D eigenvalue weighted by Crippen LogP contribution is 2.22. The van der Waals surface area contributed by atoms with Crippen LogP contribution in [-0.2, 0) is 6.42 Å². The van der Waals surface area contributed by atoms with E-state index < -0.39 is 0 Å². The molecule has 2 rings (SSSR count). The van der Waals surface area contributed by atoms with Crippen molar-refractivity contribution in [1.82, 2.24) is 20.9 Å². The summed E-state index contributed by atoms with van der Waals surface area (Å²) >= 11 is 11.8. The minimum Gasteiger partial charge on any atom is -0.356 e. The predicted octanol–water partition coefficient (Wildman–Crippen LogP) is 3.14. The Morgan fingerprint density at radius 3 is 2.44 bits per heavy atom. The lowest BCUT2D eigenvalue weighted by Crippen LogP contribution is -2.42. The van der Waals surface area contributed by atoms with Crippen molar-refractivity contribution in [3.05, 3.63) is 63.9 Å². The van der Waals surface area contributed by atoms with E-state index in [0.29, 0.717) is 41.2 Å². The normalized spacial score (nSPS) is 10.7. The molecular weight excluding hydrogens is 500 g/mol. The van der Waals surface area contributed by atoms with Crippen molar-refractivity contribution >= 4 is 59.0 Å². The third-order valence-corrected chi connectivity index (χ3v) is 4.25. The number of carbonyl (C=O) groups excluding carboxylic acids is 1. The lowest BCUT2D eigenvalue weighted by atomic mass is 10.2. The highest BCUT2D eigenvalue weighted by Gasteiger charge is 2.07. The van der Waals surface area contributed by atoms with Gasteiger partial charge in [-0.2, -0.15) is 0 Å². The summed E-state index contributed by atoms with van der Waals surface area (Å²) in [6.45, 7) is 1.70. The van der Waals surface area contributed by atoms with Gasteiger partial charge in [-0.25, -0.2) is 0 Å². The fourth-order valence-electron chi connectivity index (χ4n) is 2.17. The molecule has 1 heterocycles. The summed E-state index contributed by atoms with van der Waals surface area (Å²) in [5.74, 6) is 0.466. The molecule has 0 saturated carbocycles. The number of rotatable bonds is 7. The minimum absolute atomic E-state index is 0. The first-order valence-electron chi connectivity index (χ1n) is 8.18. The van der Waals surface area contributed by atoms with Crippen molar-refractivity contribution < 1.29 is 4.79 Å². The van der Waals surface area contributed by atoms with Crippen LogP contribution >= 0.6 is 47.2 Å². The number of guanidine groups is 1. The van der Waals surface area contributed by atoms with Crippen LogP contribution in [0, 0.1) is 0 Å². The summed E-state index contributed by atoms with van der Waals surface area (Å²) in [7, 11) is 1.70. The Bertz CT molecular complexity index is 759. The molecule has 1 amide bonds. The maximum Gasteiger partial charge on any atom is 0.251 e. The van der Waals surface area contributed by atoms with E-state index in [1.807, 2.05) is 18.2 Å². The average Bonchev–Trinajstić information content (AvgIpc) is 2.66. The van der Waals surface area contributed by atoms with Crippen LogP contribution in [0.1, 0.15) is 16.1 Å². The van der Waals surface area contributed by atoms with Gasteiger partial charge in [0.2, 0.25) is 0 Å². The maximum absolute atomic E-state index is 12.1. The number of nitrogens with zero attached hydrogens (tertiary/aromatic N) is 2. The molecule has 146 valence electrons. The number of pyridine rings is 1. The Morgan fingerprint density at radius 2 is 1.78 bits per heavy atom. The molecule has 6 nitrogen and oxygen atoms in total. The van der Waals surface area contributed by atoms with Crippen LogP contribution in [0.15, 0.2) is 47.6 Å². The second-order valence-electron chi connectivity index (χ2n) is 5.38. The highest BCUT2D eigenvalue weighted by atomic mass is 127. The summed E-state index contributed by atoms with van der Waals surface area (Å²) in [6.07, 6.45) is 2.58. The summed E-state index contributed by atoms with van der Waals surface area (Å²) in [4.78, 5) is 20.5. The summed E-state index contributed by atoms with van der Waals surface area (Å²) in [5, 5.41) is 9.93. The molecule has 0 unspecified atom stereocenters. The van der Waals surface area contributed by atoms with Crippen molar-refractivity contribution in [1.29, 1.82) is 0 Å². The first-order valence-corrected chi connectivity index (χ1v) is 8.93. The number of amides is 1. The van der Waals surface area contributed by atoms with Gasteiger partial charge in [-0.1, -0.05) is 29.3 Å². The maximum atomic E-state index is 12.1. The Hall–Kier alpha value is -1.58. The molecule has 0 spiro atoms. The van der Waals surface area contributed by atoms with Gasteiger partial charge in [0.15, 0.2) is 5.96 Å². The molecule has 0 atom stereocenters. The molecule has 0 aliphatic rings. The Kier molecular flexibility index (Phi) is 11.1. The monoisotopic (exact) mass is 521 g/mol. The molecule has 1 aromatic carbocycles. The fraction of sp³-hybridized carbons (Fsp3) is 0.278. The van der Waals surface area contributed by atoms with Crippen LogP contribution in [0.4, 0.5) is 0 Å². The van der Waals surface area contributed by atoms with Crippen LogP contribution in [-0.4, -0.2) is 43.5 Å². The van der Waals surface area contributed by atoms with Gasteiger partial charge in [-0.05, 0) is 30.3 Å². The molecule has 0 fully saturated rings. The van der Waals surface area contributed by atoms with Crippen LogP contribution in [0.25, 0.3) is 0 Å². The fourth-order valence-corrected chi connectivity index (χ4v) is 2.47. The lowest BCUT2D eigenvalue weighted by Gasteiger charge is -2.12.